The summed E-state index contributed by atoms with van der Waals surface area (Å²) >= 11 is 0. The molecule has 0 fully saturated rings. The minimum Gasteiger partial charge on any atom is -0.289 e. The summed E-state index contributed by atoms with van der Waals surface area (Å²) in [7, 11) is -3.87. The molecule has 0 aromatic heterocycles. The van der Waals surface area contributed by atoms with Crippen LogP contribution in [0.15, 0.2) is 76.5 Å². The van der Waals surface area contributed by atoms with Crippen LogP contribution in [0.5, 0.6) is 5.75 Å². The molecule has 6 heteroatoms. The Bertz CT molecular complexity index is 1000. The standard InChI is InChI=1S/C18H11F2O3S/c19-12-6-9-18(21)16(10-12)15-8-7-14(11-17(15)20)24(22,23)13-4-2-1-3-5-13/h1-11H. The number of benzene rings is 3. The second-order valence-electron chi connectivity index (χ2n) is 5.10. The summed E-state index contributed by atoms with van der Waals surface area (Å²) in [5, 5.41) is 11.8. The van der Waals surface area contributed by atoms with E-state index in [-0.39, 0.29) is 20.9 Å². The molecular weight excluding hydrogens is 334 g/mol. The van der Waals surface area contributed by atoms with Gasteiger partial charge in [0.15, 0.2) is 5.75 Å². The molecule has 0 aliphatic carbocycles. The minimum atomic E-state index is -3.87. The maximum Gasteiger partial charge on any atom is 0.206 e. The molecule has 3 aromatic carbocycles. The highest BCUT2D eigenvalue weighted by atomic mass is 32.2. The molecule has 0 spiro atoms. The third-order valence-corrected chi connectivity index (χ3v) is 5.30. The smallest absolute Gasteiger partial charge is 0.206 e. The first kappa shape index (κ1) is 16.1. The zero-order valence-corrected chi connectivity index (χ0v) is 13.1. The van der Waals surface area contributed by atoms with E-state index in [4.69, 9.17) is 0 Å². The zero-order valence-electron chi connectivity index (χ0n) is 12.2. The Morgan fingerprint density at radius 2 is 1.42 bits per heavy atom. The quantitative estimate of drug-likeness (QED) is 0.696. The van der Waals surface area contributed by atoms with Crippen molar-refractivity contribution in [1.29, 1.82) is 0 Å². The van der Waals surface area contributed by atoms with Crippen LogP contribution < -0.4 is 0 Å². The Morgan fingerprint density at radius 3 is 2.08 bits per heavy atom. The van der Waals surface area contributed by atoms with E-state index in [2.05, 4.69) is 0 Å². The van der Waals surface area contributed by atoms with E-state index in [0.29, 0.717) is 0 Å². The highest BCUT2D eigenvalue weighted by molar-refractivity contribution is 7.91. The van der Waals surface area contributed by atoms with Gasteiger partial charge in [-0.25, -0.2) is 17.2 Å². The Labute approximate surface area is 137 Å². The summed E-state index contributed by atoms with van der Waals surface area (Å²) in [6.07, 6.45) is 0. The monoisotopic (exact) mass is 345 g/mol. The fourth-order valence-electron chi connectivity index (χ4n) is 2.33. The van der Waals surface area contributed by atoms with E-state index in [9.17, 15) is 22.3 Å². The van der Waals surface area contributed by atoms with Crippen LogP contribution in [0.1, 0.15) is 0 Å². The van der Waals surface area contributed by atoms with Gasteiger partial charge in [0.25, 0.3) is 0 Å². The Hall–Kier alpha value is -2.73. The van der Waals surface area contributed by atoms with Gasteiger partial charge in [-0.15, -0.1) is 0 Å². The van der Waals surface area contributed by atoms with Crippen LogP contribution in [0.3, 0.4) is 0 Å². The second-order valence-corrected chi connectivity index (χ2v) is 7.05. The van der Waals surface area contributed by atoms with Gasteiger partial charge in [0.05, 0.1) is 9.79 Å². The molecule has 3 aromatic rings. The number of halogens is 2. The maximum absolute atomic E-state index is 14.4. The van der Waals surface area contributed by atoms with E-state index in [1.54, 1.807) is 18.2 Å². The number of sulfone groups is 1. The fourth-order valence-corrected chi connectivity index (χ4v) is 3.62. The van der Waals surface area contributed by atoms with Gasteiger partial charge in [-0.05, 0) is 48.5 Å². The lowest BCUT2D eigenvalue weighted by Gasteiger charge is -2.08. The van der Waals surface area contributed by atoms with E-state index in [0.717, 1.165) is 24.3 Å². The van der Waals surface area contributed by atoms with Crippen molar-refractivity contribution in [2.45, 2.75) is 9.79 Å². The predicted molar refractivity (Wildman–Crippen MR) is 83.8 cm³/mol. The summed E-state index contributed by atoms with van der Waals surface area (Å²) in [5.41, 5.74) is -0.303. The van der Waals surface area contributed by atoms with E-state index < -0.39 is 27.2 Å². The molecule has 0 heterocycles. The van der Waals surface area contributed by atoms with Gasteiger partial charge in [-0.2, -0.15) is 0 Å². The van der Waals surface area contributed by atoms with Crippen molar-refractivity contribution in [3.63, 3.8) is 0 Å². The third-order valence-electron chi connectivity index (χ3n) is 3.54. The SMILES string of the molecule is [O]c1ccc(F)cc1-c1ccc(S(=O)(=O)c2ccccc2)cc1F. The highest BCUT2D eigenvalue weighted by Crippen LogP contribution is 2.33. The molecule has 0 aliphatic heterocycles. The first-order valence-corrected chi connectivity index (χ1v) is 8.44. The average Bonchev–Trinajstić information content (AvgIpc) is 2.58. The van der Waals surface area contributed by atoms with Crippen LogP contribution in [0.2, 0.25) is 0 Å². The molecule has 0 amide bonds. The molecule has 0 aliphatic rings. The molecular formula is C18H11F2O3S. The molecule has 0 bridgehead atoms. The van der Waals surface area contributed by atoms with Crippen LogP contribution in [0.4, 0.5) is 8.78 Å². The number of hydrogen-bond acceptors (Lipinski definition) is 2. The second kappa shape index (κ2) is 6.05. The summed E-state index contributed by atoms with van der Waals surface area (Å²) in [6.45, 7) is 0. The van der Waals surface area contributed by atoms with E-state index in [1.807, 2.05) is 0 Å². The normalized spacial score (nSPS) is 11.4. The van der Waals surface area contributed by atoms with Crippen molar-refractivity contribution in [3.05, 3.63) is 78.4 Å². The van der Waals surface area contributed by atoms with Crippen molar-refractivity contribution < 1.29 is 22.3 Å². The molecule has 0 atom stereocenters. The third kappa shape index (κ3) is 2.88. The average molecular weight is 345 g/mol. The van der Waals surface area contributed by atoms with E-state index in [1.165, 1.54) is 24.3 Å². The van der Waals surface area contributed by atoms with Crippen molar-refractivity contribution in [3.8, 4) is 16.9 Å². The lowest BCUT2D eigenvalue weighted by atomic mass is 10.0. The van der Waals surface area contributed by atoms with Crippen LogP contribution in [-0.2, 0) is 14.9 Å². The van der Waals surface area contributed by atoms with Gasteiger partial charge in [0.2, 0.25) is 9.84 Å². The van der Waals surface area contributed by atoms with Gasteiger partial charge in [-0.1, -0.05) is 18.2 Å². The van der Waals surface area contributed by atoms with Crippen molar-refractivity contribution in [2.24, 2.45) is 0 Å². The molecule has 0 N–H and O–H groups in total. The van der Waals surface area contributed by atoms with Gasteiger partial charge in [-0.3, -0.25) is 5.11 Å². The Morgan fingerprint density at radius 1 is 0.708 bits per heavy atom. The molecule has 0 saturated carbocycles. The predicted octanol–water partition coefficient (Wildman–Crippen LogP) is 4.61. The van der Waals surface area contributed by atoms with Crippen LogP contribution >= 0.6 is 0 Å². The van der Waals surface area contributed by atoms with Gasteiger partial charge in [0.1, 0.15) is 11.6 Å². The van der Waals surface area contributed by atoms with Crippen LogP contribution in [0.25, 0.3) is 11.1 Å². The maximum atomic E-state index is 14.4. The molecule has 121 valence electrons. The lowest BCUT2D eigenvalue weighted by molar-refractivity contribution is 0.355. The first-order chi connectivity index (χ1) is 11.4. The lowest BCUT2D eigenvalue weighted by Crippen LogP contribution is -2.02. The Kier molecular flexibility index (Phi) is 4.07. The van der Waals surface area contributed by atoms with Crippen molar-refractivity contribution in [1.82, 2.24) is 0 Å². The van der Waals surface area contributed by atoms with Gasteiger partial charge in [0, 0.05) is 11.1 Å². The van der Waals surface area contributed by atoms with E-state index >= 15 is 0 Å². The molecule has 0 unspecified atom stereocenters. The minimum absolute atomic E-state index is 0.0346. The molecule has 1 radical (unpaired) electrons. The zero-order chi connectivity index (χ0) is 17.3. The summed E-state index contributed by atoms with van der Waals surface area (Å²) < 4.78 is 52.6. The van der Waals surface area contributed by atoms with Crippen LogP contribution in [-0.4, -0.2) is 8.42 Å². The highest BCUT2D eigenvalue weighted by Gasteiger charge is 2.20. The Balaban J connectivity index is 2.10. The van der Waals surface area contributed by atoms with Crippen molar-refractivity contribution in [2.75, 3.05) is 0 Å². The van der Waals surface area contributed by atoms with Gasteiger partial charge < -0.3 is 0 Å². The summed E-state index contributed by atoms with van der Waals surface area (Å²) in [6, 6.07) is 13.7. The molecule has 3 nitrogen and oxygen atoms in total. The molecule has 0 saturated heterocycles. The number of hydrogen-bond donors (Lipinski definition) is 0. The number of rotatable bonds is 3. The molecule has 3 rings (SSSR count). The molecule has 24 heavy (non-hydrogen) atoms. The first-order valence-electron chi connectivity index (χ1n) is 6.96. The van der Waals surface area contributed by atoms with Gasteiger partial charge >= 0.3 is 0 Å². The summed E-state index contributed by atoms with van der Waals surface area (Å²) in [5.74, 6) is -2.13. The fraction of sp³-hybridized carbons (Fsp3) is 0. The topological polar surface area (TPSA) is 54.0 Å². The largest absolute Gasteiger partial charge is 0.289 e. The summed E-state index contributed by atoms with van der Waals surface area (Å²) in [4.78, 5) is -0.203. The van der Waals surface area contributed by atoms with Crippen LogP contribution in [0, 0.1) is 11.6 Å². The van der Waals surface area contributed by atoms with Crippen molar-refractivity contribution >= 4 is 9.84 Å².